The lowest BCUT2D eigenvalue weighted by molar-refractivity contribution is -0.169. The van der Waals surface area contributed by atoms with E-state index in [0.29, 0.717) is 16.0 Å². The van der Waals surface area contributed by atoms with Crippen molar-refractivity contribution in [2.24, 2.45) is 5.92 Å². The predicted octanol–water partition coefficient (Wildman–Crippen LogP) is 2.97. The molecule has 0 aromatic heterocycles. The highest BCUT2D eigenvalue weighted by molar-refractivity contribution is 7.89. The predicted molar refractivity (Wildman–Crippen MR) is 111 cm³/mol. The normalized spacial score (nSPS) is 16.1. The number of hydrogen-bond acceptors (Lipinski definition) is 5. The first kappa shape index (κ1) is 26.1. The number of rotatable bonds is 7. The van der Waals surface area contributed by atoms with Crippen LogP contribution in [0.5, 0.6) is 0 Å². The van der Waals surface area contributed by atoms with E-state index in [2.05, 4.69) is 4.74 Å². The highest BCUT2D eigenvalue weighted by Gasteiger charge is 2.39. The number of amides is 1. The smallest absolute Gasteiger partial charge is 0.406 e. The first-order valence-corrected chi connectivity index (χ1v) is 11.8. The topological polar surface area (TPSA) is 84.0 Å². The van der Waals surface area contributed by atoms with Gasteiger partial charge in [-0.25, -0.2) is 8.42 Å². The number of piperidine rings is 1. The van der Waals surface area contributed by atoms with Gasteiger partial charge in [0, 0.05) is 19.0 Å². The Morgan fingerprint density at radius 2 is 1.66 bits per heavy atom. The lowest BCUT2D eigenvalue weighted by Crippen LogP contribution is -2.48. The van der Waals surface area contributed by atoms with Crippen LogP contribution in [0.15, 0.2) is 17.0 Å². The molecule has 11 heteroatoms. The number of alkyl halides is 3. The fourth-order valence-corrected chi connectivity index (χ4v) is 5.98. The summed E-state index contributed by atoms with van der Waals surface area (Å²) in [5, 5.41) is 0. The number of nitrogens with zero attached hydrogens (tertiary/aromatic N) is 2. The summed E-state index contributed by atoms with van der Waals surface area (Å²) in [6, 6.07) is 3.56. The Balaban J connectivity index is 2.14. The Hall–Kier alpha value is -2.14. The second-order valence-electron chi connectivity index (χ2n) is 8.02. The van der Waals surface area contributed by atoms with Gasteiger partial charge in [0.25, 0.3) is 0 Å². The van der Waals surface area contributed by atoms with Crippen LogP contribution in [0.1, 0.15) is 36.5 Å². The molecule has 7 nitrogen and oxygen atoms in total. The van der Waals surface area contributed by atoms with Crippen LogP contribution >= 0.6 is 0 Å². The van der Waals surface area contributed by atoms with Gasteiger partial charge in [-0.15, -0.1) is 0 Å². The third-order valence-electron chi connectivity index (χ3n) is 5.31. The summed E-state index contributed by atoms with van der Waals surface area (Å²) in [6.07, 6.45) is -4.54. The van der Waals surface area contributed by atoms with E-state index < -0.39 is 47.1 Å². The number of carbonyl (C=O) groups excluding carboxylic acids is 2. The first-order chi connectivity index (χ1) is 14.8. The summed E-state index contributed by atoms with van der Waals surface area (Å²) in [4.78, 5) is 25.1. The van der Waals surface area contributed by atoms with Gasteiger partial charge in [-0.1, -0.05) is 17.7 Å². The number of sulfonamides is 1. The Morgan fingerprint density at radius 3 is 2.12 bits per heavy atom. The third-order valence-corrected chi connectivity index (χ3v) is 7.52. The molecule has 0 bridgehead atoms. The standard InChI is InChI=1S/C21H29F3N2O5S/c1-5-31-18(27)12-25(13-21(22,23)24)20(28)17-6-8-26(9-7-17)32(29,30)19-15(3)10-14(2)11-16(19)4/h10-11,17H,5-9,12-13H2,1-4H3. The molecular weight excluding hydrogens is 449 g/mol. The van der Waals surface area contributed by atoms with Gasteiger partial charge < -0.3 is 9.64 Å². The minimum Gasteiger partial charge on any atom is -0.465 e. The molecule has 0 atom stereocenters. The molecule has 1 heterocycles. The van der Waals surface area contributed by atoms with Crippen LogP contribution in [-0.4, -0.2) is 68.5 Å². The number of hydrogen-bond donors (Lipinski definition) is 0. The zero-order valence-electron chi connectivity index (χ0n) is 18.7. The fraction of sp³-hybridized carbons (Fsp3) is 0.619. The molecule has 1 aliphatic heterocycles. The van der Waals surface area contributed by atoms with Crippen LogP contribution in [0, 0.1) is 26.7 Å². The van der Waals surface area contributed by atoms with Crippen molar-refractivity contribution in [3.63, 3.8) is 0 Å². The lowest BCUT2D eigenvalue weighted by Gasteiger charge is -2.34. The quantitative estimate of drug-likeness (QED) is 0.563. The minimum atomic E-state index is -4.67. The average Bonchev–Trinajstić information content (AvgIpc) is 2.65. The zero-order valence-corrected chi connectivity index (χ0v) is 19.5. The van der Waals surface area contributed by atoms with Crippen LogP contribution in [0.25, 0.3) is 0 Å². The van der Waals surface area contributed by atoms with Crippen molar-refractivity contribution < 1.29 is 35.9 Å². The fourth-order valence-electron chi connectivity index (χ4n) is 4.09. The van der Waals surface area contributed by atoms with Crippen LogP contribution < -0.4 is 0 Å². The summed E-state index contributed by atoms with van der Waals surface area (Å²) in [5.41, 5.74) is 2.17. The van der Waals surface area contributed by atoms with Crippen molar-refractivity contribution in [2.75, 3.05) is 32.8 Å². The van der Waals surface area contributed by atoms with Crippen molar-refractivity contribution in [3.8, 4) is 0 Å². The Labute approximate surface area is 186 Å². The van der Waals surface area contributed by atoms with E-state index in [1.54, 1.807) is 26.0 Å². The van der Waals surface area contributed by atoms with Crippen molar-refractivity contribution in [2.45, 2.75) is 51.6 Å². The molecule has 1 aromatic rings. The van der Waals surface area contributed by atoms with Gasteiger partial charge in [0.05, 0.1) is 11.5 Å². The summed E-state index contributed by atoms with van der Waals surface area (Å²) in [7, 11) is -3.81. The Morgan fingerprint density at radius 1 is 1.12 bits per heavy atom. The summed E-state index contributed by atoms with van der Waals surface area (Å²) in [5.74, 6) is -2.55. The number of carbonyl (C=O) groups is 2. The number of halogens is 3. The van der Waals surface area contributed by atoms with Crippen molar-refractivity contribution >= 4 is 21.9 Å². The SMILES string of the molecule is CCOC(=O)CN(CC(F)(F)F)C(=O)C1CCN(S(=O)(=O)c2c(C)cc(C)cc2C)CC1. The largest absolute Gasteiger partial charge is 0.465 e. The van der Waals surface area contributed by atoms with Gasteiger partial charge in [0.1, 0.15) is 13.1 Å². The molecule has 1 amide bonds. The Kier molecular flexibility index (Phi) is 8.33. The van der Waals surface area contributed by atoms with Gasteiger partial charge in [-0.2, -0.15) is 17.5 Å². The molecule has 0 spiro atoms. The maximum atomic E-state index is 13.2. The molecule has 32 heavy (non-hydrogen) atoms. The summed E-state index contributed by atoms with van der Waals surface area (Å²) < 4.78 is 71.1. The van der Waals surface area contributed by atoms with E-state index in [4.69, 9.17) is 0 Å². The number of esters is 1. The Bertz CT molecular complexity index is 932. The molecule has 0 aliphatic carbocycles. The molecular formula is C21H29F3N2O5S. The number of ether oxygens (including phenoxy) is 1. The van der Waals surface area contributed by atoms with Crippen LogP contribution in [0.4, 0.5) is 13.2 Å². The van der Waals surface area contributed by atoms with E-state index in [9.17, 15) is 31.2 Å². The second-order valence-corrected chi connectivity index (χ2v) is 9.90. The minimum absolute atomic E-state index is 0.00472. The zero-order chi connectivity index (χ0) is 24.3. The monoisotopic (exact) mass is 478 g/mol. The highest BCUT2D eigenvalue weighted by atomic mass is 32.2. The van der Waals surface area contributed by atoms with Gasteiger partial charge >= 0.3 is 12.1 Å². The van der Waals surface area contributed by atoms with E-state index in [0.717, 1.165) is 5.56 Å². The molecule has 180 valence electrons. The summed E-state index contributed by atoms with van der Waals surface area (Å²) in [6.45, 7) is 4.45. The number of benzene rings is 1. The van der Waals surface area contributed by atoms with E-state index >= 15 is 0 Å². The molecule has 1 aliphatic rings. The molecule has 1 aromatic carbocycles. The molecule has 1 fully saturated rings. The van der Waals surface area contributed by atoms with Crippen LogP contribution in [-0.2, 0) is 24.3 Å². The first-order valence-electron chi connectivity index (χ1n) is 10.4. The lowest BCUT2D eigenvalue weighted by atomic mass is 9.96. The summed E-state index contributed by atoms with van der Waals surface area (Å²) >= 11 is 0. The highest BCUT2D eigenvalue weighted by Crippen LogP contribution is 2.30. The van der Waals surface area contributed by atoms with Gasteiger partial charge in [0.2, 0.25) is 15.9 Å². The van der Waals surface area contributed by atoms with E-state index in [-0.39, 0.29) is 37.4 Å². The van der Waals surface area contributed by atoms with Gasteiger partial charge in [-0.3, -0.25) is 9.59 Å². The number of aryl methyl sites for hydroxylation is 3. The molecule has 0 N–H and O–H groups in total. The second kappa shape index (κ2) is 10.2. The van der Waals surface area contributed by atoms with E-state index in [1.165, 1.54) is 11.2 Å². The van der Waals surface area contributed by atoms with Gasteiger partial charge in [0.15, 0.2) is 0 Å². The molecule has 0 radical (unpaired) electrons. The van der Waals surface area contributed by atoms with Crippen LogP contribution in [0.2, 0.25) is 0 Å². The third kappa shape index (κ3) is 6.44. The molecule has 0 unspecified atom stereocenters. The van der Waals surface area contributed by atoms with E-state index in [1.807, 2.05) is 6.92 Å². The molecule has 1 saturated heterocycles. The van der Waals surface area contributed by atoms with Crippen molar-refractivity contribution in [1.82, 2.24) is 9.21 Å². The van der Waals surface area contributed by atoms with Crippen LogP contribution in [0.3, 0.4) is 0 Å². The van der Waals surface area contributed by atoms with Gasteiger partial charge in [-0.05, 0) is 51.7 Å². The maximum Gasteiger partial charge on any atom is 0.406 e. The molecule has 0 saturated carbocycles. The molecule has 2 rings (SSSR count). The van der Waals surface area contributed by atoms with Crippen molar-refractivity contribution in [3.05, 3.63) is 28.8 Å². The average molecular weight is 479 g/mol. The van der Waals surface area contributed by atoms with Crippen molar-refractivity contribution in [1.29, 1.82) is 0 Å². The maximum absolute atomic E-state index is 13.2.